The molecule has 2 unspecified atom stereocenters. The van der Waals surface area contributed by atoms with Crippen LogP contribution in [0.5, 0.6) is 0 Å². The molecule has 0 radical (unpaired) electrons. The van der Waals surface area contributed by atoms with Gasteiger partial charge < -0.3 is 20.5 Å². The number of hydrogen-bond acceptors (Lipinski definition) is 4. The average Bonchev–Trinajstić information content (AvgIpc) is 3.14. The van der Waals surface area contributed by atoms with Crippen molar-refractivity contribution in [2.75, 3.05) is 0 Å². The van der Waals surface area contributed by atoms with Crippen molar-refractivity contribution >= 4 is 0 Å². The van der Waals surface area contributed by atoms with Crippen molar-refractivity contribution in [3.63, 3.8) is 0 Å². The van der Waals surface area contributed by atoms with Gasteiger partial charge in [-0.2, -0.15) is 0 Å². The lowest BCUT2D eigenvalue weighted by Gasteiger charge is -2.40. The third-order valence-corrected chi connectivity index (χ3v) is 5.66. The summed E-state index contributed by atoms with van der Waals surface area (Å²) in [6, 6.07) is 4.72. The molecule has 4 N–H and O–H groups in total. The number of aliphatic hydroxyl groups is 2. The molecule has 1 aliphatic heterocycles. The van der Waals surface area contributed by atoms with Gasteiger partial charge in [-0.15, -0.1) is 0 Å². The highest BCUT2D eigenvalue weighted by Gasteiger charge is 2.41. The Kier molecular flexibility index (Phi) is 3.71. The SMILES string of the molecule is N[C@]1(C(O)CC2c3c(F)cccc3-c3cncn32)CC[C@H](O)CC1. The van der Waals surface area contributed by atoms with E-state index in [1.54, 1.807) is 18.6 Å². The van der Waals surface area contributed by atoms with E-state index in [-0.39, 0.29) is 18.0 Å². The fourth-order valence-corrected chi connectivity index (χ4v) is 4.15. The molecular formula is C18H22FN3O2. The minimum absolute atomic E-state index is 0.265. The lowest BCUT2D eigenvalue weighted by molar-refractivity contribution is 0.0130. The summed E-state index contributed by atoms with van der Waals surface area (Å²) in [5.74, 6) is -0.265. The fraction of sp³-hybridized carbons (Fsp3) is 0.500. The van der Waals surface area contributed by atoms with Crippen LogP contribution in [0.1, 0.15) is 43.7 Å². The normalized spacial score (nSPS) is 30.0. The molecule has 2 aromatic rings. The second kappa shape index (κ2) is 5.65. The van der Waals surface area contributed by atoms with Gasteiger partial charge in [0.05, 0.1) is 36.5 Å². The molecule has 1 aliphatic carbocycles. The maximum atomic E-state index is 14.4. The molecule has 128 valence electrons. The van der Waals surface area contributed by atoms with Crippen LogP contribution in [0.3, 0.4) is 0 Å². The van der Waals surface area contributed by atoms with E-state index in [4.69, 9.17) is 5.73 Å². The van der Waals surface area contributed by atoms with Gasteiger partial charge in [-0.3, -0.25) is 0 Å². The predicted molar refractivity (Wildman–Crippen MR) is 87.8 cm³/mol. The van der Waals surface area contributed by atoms with E-state index in [1.165, 1.54) is 6.07 Å². The lowest BCUT2D eigenvalue weighted by atomic mass is 9.75. The Hall–Kier alpha value is -1.76. The first kappa shape index (κ1) is 15.7. The zero-order valence-electron chi connectivity index (χ0n) is 13.4. The van der Waals surface area contributed by atoms with E-state index in [2.05, 4.69) is 4.98 Å². The number of aromatic nitrogens is 2. The molecule has 24 heavy (non-hydrogen) atoms. The molecule has 0 saturated heterocycles. The Morgan fingerprint density at radius 3 is 2.88 bits per heavy atom. The van der Waals surface area contributed by atoms with Crippen LogP contribution < -0.4 is 5.73 Å². The fourth-order valence-electron chi connectivity index (χ4n) is 4.15. The molecule has 4 rings (SSSR count). The first-order chi connectivity index (χ1) is 11.5. The number of nitrogens with two attached hydrogens (primary N) is 1. The first-order valence-electron chi connectivity index (χ1n) is 8.45. The lowest BCUT2D eigenvalue weighted by Crippen LogP contribution is -2.54. The number of fused-ring (bicyclic) bond motifs is 3. The summed E-state index contributed by atoms with van der Waals surface area (Å²) in [6.07, 6.45) is 4.98. The summed E-state index contributed by atoms with van der Waals surface area (Å²) >= 11 is 0. The van der Waals surface area contributed by atoms with Gasteiger partial charge in [-0.05, 0) is 31.7 Å². The van der Waals surface area contributed by atoms with Crippen LogP contribution in [0.2, 0.25) is 0 Å². The van der Waals surface area contributed by atoms with Gasteiger partial charge in [0.25, 0.3) is 0 Å². The molecule has 0 amide bonds. The molecule has 2 aliphatic rings. The Bertz CT molecular complexity index is 752. The van der Waals surface area contributed by atoms with E-state index in [9.17, 15) is 14.6 Å². The van der Waals surface area contributed by atoms with Crippen LogP contribution >= 0.6 is 0 Å². The van der Waals surface area contributed by atoms with Crippen LogP contribution in [0.4, 0.5) is 4.39 Å². The minimum atomic E-state index is -0.768. The second-order valence-corrected chi connectivity index (χ2v) is 7.12. The van der Waals surface area contributed by atoms with Crippen LogP contribution in [-0.4, -0.2) is 37.5 Å². The molecule has 1 aromatic heterocycles. The van der Waals surface area contributed by atoms with Crippen molar-refractivity contribution in [3.8, 4) is 11.3 Å². The number of aliphatic hydroxyl groups excluding tert-OH is 2. The molecule has 6 heteroatoms. The third-order valence-electron chi connectivity index (χ3n) is 5.66. The minimum Gasteiger partial charge on any atom is -0.393 e. The van der Waals surface area contributed by atoms with E-state index in [1.807, 2.05) is 10.6 Å². The van der Waals surface area contributed by atoms with Gasteiger partial charge in [0.1, 0.15) is 5.82 Å². The zero-order chi connectivity index (χ0) is 16.9. The number of halogens is 1. The highest BCUT2D eigenvalue weighted by Crippen LogP contribution is 2.44. The van der Waals surface area contributed by atoms with Crippen molar-refractivity contribution in [2.24, 2.45) is 5.73 Å². The highest BCUT2D eigenvalue weighted by molar-refractivity contribution is 5.69. The highest BCUT2D eigenvalue weighted by atomic mass is 19.1. The smallest absolute Gasteiger partial charge is 0.129 e. The first-order valence-corrected chi connectivity index (χ1v) is 8.45. The molecule has 2 heterocycles. The molecule has 1 aromatic carbocycles. The second-order valence-electron chi connectivity index (χ2n) is 7.12. The van der Waals surface area contributed by atoms with Gasteiger partial charge in [0.15, 0.2) is 0 Å². The molecule has 0 spiro atoms. The molecule has 1 saturated carbocycles. The van der Waals surface area contributed by atoms with Gasteiger partial charge in [0, 0.05) is 23.1 Å². The van der Waals surface area contributed by atoms with Crippen LogP contribution in [0.25, 0.3) is 11.3 Å². The maximum absolute atomic E-state index is 14.4. The molecule has 1 fully saturated rings. The summed E-state index contributed by atoms with van der Waals surface area (Å²) in [5, 5.41) is 20.5. The van der Waals surface area contributed by atoms with Crippen LogP contribution in [0, 0.1) is 5.82 Å². The topological polar surface area (TPSA) is 84.3 Å². The predicted octanol–water partition coefficient (Wildman–Crippen LogP) is 1.98. The van der Waals surface area contributed by atoms with Crippen LogP contribution in [-0.2, 0) is 0 Å². The van der Waals surface area contributed by atoms with Crippen molar-refractivity contribution < 1.29 is 14.6 Å². The van der Waals surface area contributed by atoms with Gasteiger partial charge in [-0.25, -0.2) is 9.37 Å². The molecular weight excluding hydrogens is 309 g/mol. The molecule has 5 nitrogen and oxygen atoms in total. The van der Waals surface area contributed by atoms with Gasteiger partial charge in [0.2, 0.25) is 0 Å². The van der Waals surface area contributed by atoms with Crippen molar-refractivity contribution in [2.45, 2.75) is 55.9 Å². The van der Waals surface area contributed by atoms with Gasteiger partial charge >= 0.3 is 0 Å². The molecule has 0 bridgehead atoms. The molecule has 2 atom stereocenters. The summed E-state index contributed by atoms with van der Waals surface area (Å²) < 4.78 is 16.4. The monoisotopic (exact) mass is 331 g/mol. The van der Waals surface area contributed by atoms with Crippen molar-refractivity contribution in [1.29, 1.82) is 0 Å². The summed E-state index contributed by atoms with van der Waals surface area (Å²) in [5.41, 5.74) is 7.99. The Labute approximate surface area is 139 Å². The van der Waals surface area contributed by atoms with E-state index < -0.39 is 11.6 Å². The number of imidazole rings is 1. The van der Waals surface area contributed by atoms with Crippen molar-refractivity contribution in [1.82, 2.24) is 9.55 Å². The van der Waals surface area contributed by atoms with E-state index >= 15 is 0 Å². The number of rotatable bonds is 3. The summed E-state index contributed by atoms with van der Waals surface area (Å²) in [4.78, 5) is 4.16. The van der Waals surface area contributed by atoms with E-state index in [0.29, 0.717) is 37.7 Å². The largest absolute Gasteiger partial charge is 0.393 e. The van der Waals surface area contributed by atoms with Gasteiger partial charge in [-0.1, -0.05) is 12.1 Å². The van der Waals surface area contributed by atoms with E-state index in [0.717, 1.165) is 11.3 Å². The number of hydrogen-bond donors (Lipinski definition) is 3. The Balaban J connectivity index is 1.64. The number of benzene rings is 1. The third kappa shape index (κ3) is 2.37. The summed E-state index contributed by atoms with van der Waals surface area (Å²) in [6.45, 7) is 0. The average molecular weight is 331 g/mol. The zero-order valence-corrected chi connectivity index (χ0v) is 13.4. The summed E-state index contributed by atoms with van der Waals surface area (Å²) in [7, 11) is 0. The van der Waals surface area contributed by atoms with Crippen molar-refractivity contribution in [3.05, 3.63) is 42.1 Å². The van der Waals surface area contributed by atoms with Crippen LogP contribution in [0.15, 0.2) is 30.7 Å². The Morgan fingerprint density at radius 1 is 1.38 bits per heavy atom. The standard InChI is InChI=1S/C18H22FN3O2/c19-13-3-1-2-12-15-9-21-10-22(15)14(17(12)13)8-16(24)18(20)6-4-11(23)5-7-18/h1-3,9-11,14,16,23-24H,4-8,20H2/t11-,14?,16?,18+. The maximum Gasteiger partial charge on any atom is 0.129 e. The number of nitrogens with zero attached hydrogens (tertiary/aromatic N) is 2. The Morgan fingerprint density at radius 2 is 2.12 bits per heavy atom. The quantitative estimate of drug-likeness (QED) is 0.803.